The molecule has 0 atom stereocenters. The standard InChI is InChI=1S/C19H20N2O5/c1-13(22)21(15-6-7-17-18(11-15)26-9-8-25-17)12-19(23)20-14-4-3-5-16(10-14)24-2/h3-7,10-11H,8-9,12H2,1-2H3,(H,20,23). The molecular formula is C19H20N2O5. The third-order valence-corrected chi connectivity index (χ3v) is 3.87. The molecule has 0 saturated carbocycles. The number of amides is 2. The number of nitrogens with zero attached hydrogens (tertiary/aromatic N) is 1. The number of rotatable bonds is 5. The van der Waals surface area contributed by atoms with Crippen molar-refractivity contribution in [2.24, 2.45) is 0 Å². The van der Waals surface area contributed by atoms with E-state index in [9.17, 15) is 9.59 Å². The molecule has 1 N–H and O–H groups in total. The topological polar surface area (TPSA) is 77.1 Å². The van der Waals surface area contributed by atoms with Crippen LogP contribution in [0.3, 0.4) is 0 Å². The first kappa shape index (κ1) is 17.6. The van der Waals surface area contributed by atoms with E-state index < -0.39 is 0 Å². The average Bonchev–Trinajstić information content (AvgIpc) is 2.65. The van der Waals surface area contributed by atoms with Crippen molar-refractivity contribution in [1.29, 1.82) is 0 Å². The van der Waals surface area contributed by atoms with Gasteiger partial charge in [0, 0.05) is 30.4 Å². The Labute approximate surface area is 151 Å². The Hall–Kier alpha value is -3.22. The zero-order chi connectivity index (χ0) is 18.5. The molecule has 0 unspecified atom stereocenters. The lowest BCUT2D eigenvalue weighted by Crippen LogP contribution is -2.36. The molecule has 0 radical (unpaired) electrons. The molecule has 7 heteroatoms. The molecule has 1 aliphatic heterocycles. The molecule has 3 rings (SSSR count). The van der Waals surface area contributed by atoms with Crippen LogP contribution in [0, 0.1) is 0 Å². The van der Waals surface area contributed by atoms with Gasteiger partial charge in [-0.25, -0.2) is 0 Å². The maximum Gasteiger partial charge on any atom is 0.244 e. The summed E-state index contributed by atoms with van der Waals surface area (Å²) in [7, 11) is 1.56. The number of anilines is 2. The molecule has 0 bridgehead atoms. The smallest absolute Gasteiger partial charge is 0.244 e. The zero-order valence-corrected chi connectivity index (χ0v) is 14.7. The molecule has 1 heterocycles. The summed E-state index contributed by atoms with van der Waals surface area (Å²) in [5.41, 5.74) is 1.17. The zero-order valence-electron chi connectivity index (χ0n) is 14.7. The molecule has 0 saturated heterocycles. The van der Waals surface area contributed by atoms with Crippen LogP contribution in [-0.2, 0) is 9.59 Å². The van der Waals surface area contributed by atoms with Crippen LogP contribution in [0.4, 0.5) is 11.4 Å². The Morgan fingerprint density at radius 1 is 1.12 bits per heavy atom. The minimum absolute atomic E-state index is 0.119. The molecule has 0 aliphatic carbocycles. The Bertz CT molecular complexity index is 821. The summed E-state index contributed by atoms with van der Waals surface area (Å²) in [6, 6.07) is 12.2. The molecule has 0 fully saturated rings. The maximum atomic E-state index is 12.4. The summed E-state index contributed by atoms with van der Waals surface area (Å²) in [4.78, 5) is 25.8. The average molecular weight is 356 g/mol. The van der Waals surface area contributed by atoms with Gasteiger partial charge in [0.25, 0.3) is 0 Å². The van der Waals surface area contributed by atoms with Gasteiger partial charge in [-0.3, -0.25) is 9.59 Å². The third-order valence-electron chi connectivity index (χ3n) is 3.87. The lowest BCUT2D eigenvalue weighted by Gasteiger charge is -2.24. The summed E-state index contributed by atoms with van der Waals surface area (Å²) >= 11 is 0. The largest absolute Gasteiger partial charge is 0.497 e. The number of carbonyl (C=O) groups is 2. The third kappa shape index (κ3) is 4.05. The molecule has 2 amide bonds. The van der Waals surface area contributed by atoms with Gasteiger partial charge in [-0.15, -0.1) is 0 Å². The van der Waals surface area contributed by atoms with E-state index in [2.05, 4.69) is 5.32 Å². The van der Waals surface area contributed by atoms with Crippen molar-refractivity contribution in [3.8, 4) is 17.2 Å². The highest BCUT2D eigenvalue weighted by Crippen LogP contribution is 2.34. The van der Waals surface area contributed by atoms with E-state index in [1.807, 2.05) is 0 Å². The van der Waals surface area contributed by atoms with Gasteiger partial charge in [-0.1, -0.05) is 6.07 Å². The lowest BCUT2D eigenvalue weighted by molar-refractivity contribution is -0.120. The number of methoxy groups -OCH3 is 1. The molecule has 136 valence electrons. The van der Waals surface area contributed by atoms with Gasteiger partial charge in [0.15, 0.2) is 11.5 Å². The van der Waals surface area contributed by atoms with Crippen molar-refractivity contribution in [3.63, 3.8) is 0 Å². The van der Waals surface area contributed by atoms with Gasteiger partial charge in [-0.2, -0.15) is 0 Å². The van der Waals surface area contributed by atoms with Crippen LogP contribution in [0.15, 0.2) is 42.5 Å². The number of hydrogen-bond acceptors (Lipinski definition) is 5. The van der Waals surface area contributed by atoms with Crippen LogP contribution in [-0.4, -0.2) is 38.7 Å². The maximum absolute atomic E-state index is 12.4. The molecule has 2 aromatic rings. The number of benzene rings is 2. The molecule has 1 aliphatic rings. The monoisotopic (exact) mass is 356 g/mol. The fraction of sp³-hybridized carbons (Fsp3) is 0.263. The minimum atomic E-state index is -0.316. The Kier molecular flexibility index (Phi) is 5.26. The summed E-state index contributed by atoms with van der Waals surface area (Å²) < 4.78 is 16.2. The predicted octanol–water partition coefficient (Wildman–Crippen LogP) is 2.46. The number of fused-ring (bicyclic) bond motifs is 1. The second-order valence-corrected chi connectivity index (χ2v) is 5.71. The Balaban J connectivity index is 1.74. The van der Waals surface area contributed by atoms with E-state index in [0.29, 0.717) is 41.8 Å². The van der Waals surface area contributed by atoms with Crippen LogP contribution >= 0.6 is 0 Å². The highest BCUT2D eigenvalue weighted by atomic mass is 16.6. The van der Waals surface area contributed by atoms with Gasteiger partial charge in [0.2, 0.25) is 11.8 Å². The van der Waals surface area contributed by atoms with Crippen LogP contribution < -0.4 is 24.4 Å². The lowest BCUT2D eigenvalue weighted by atomic mass is 10.2. The van der Waals surface area contributed by atoms with Crippen molar-refractivity contribution in [2.75, 3.05) is 37.1 Å². The van der Waals surface area contributed by atoms with E-state index in [-0.39, 0.29) is 18.4 Å². The van der Waals surface area contributed by atoms with E-state index >= 15 is 0 Å². The first-order chi connectivity index (χ1) is 12.6. The Morgan fingerprint density at radius 3 is 2.62 bits per heavy atom. The van der Waals surface area contributed by atoms with Gasteiger partial charge < -0.3 is 24.4 Å². The van der Waals surface area contributed by atoms with Crippen molar-refractivity contribution in [3.05, 3.63) is 42.5 Å². The van der Waals surface area contributed by atoms with Gasteiger partial charge in [0.05, 0.1) is 7.11 Å². The summed E-state index contributed by atoms with van der Waals surface area (Å²) in [6.45, 7) is 2.24. The second kappa shape index (κ2) is 7.77. The van der Waals surface area contributed by atoms with Crippen molar-refractivity contribution in [1.82, 2.24) is 0 Å². The summed E-state index contributed by atoms with van der Waals surface area (Å²) in [5.74, 6) is 1.27. The molecule has 0 spiro atoms. The highest BCUT2D eigenvalue weighted by molar-refractivity contribution is 6.02. The first-order valence-electron chi connectivity index (χ1n) is 8.18. The van der Waals surface area contributed by atoms with Crippen molar-refractivity contribution >= 4 is 23.2 Å². The van der Waals surface area contributed by atoms with E-state index in [1.54, 1.807) is 49.6 Å². The fourth-order valence-corrected chi connectivity index (χ4v) is 2.63. The van der Waals surface area contributed by atoms with Crippen molar-refractivity contribution in [2.45, 2.75) is 6.92 Å². The molecule has 2 aromatic carbocycles. The van der Waals surface area contributed by atoms with Crippen molar-refractivity contribution < 1.29 is 23.8 Å². The highest BCUT2D eigenvalue weighted by Gasteiger charge is 2.19. The van der Waals surface area contributed by atoms with Crippen LogP contribution in [0.5, 0.6) is 17.2 Å². The van der Waals surface area contributed by atoms with Gasteiger partial charge in [-0.05, 0) is 24.3 Å². The molecule has 26 heavy (non-hydrogen) atoms. The van der Waals surface area contributed by atoms with Gasteiger partial charge in [0.1, 0.15) is 25.5 Å². The molecule has 7 nitrogen and oxygen atoms in total. The first-order valence-corrected chi connectivity index (χ1v) is 8.18. The number of ether oxygens (including phenoxy) is 3. The predicted molar refractivity (Wildman–Crippen MR) is 97.1 cm³/mol. The minimum Gasteiger partial charge on any atom is -0.497 e. The van der Waals surface area contributed by atoms with Crippen LogP contribution in [0.25, 0.3) is 0 Å². The molecular weight excluding hydrogens is 336 g/mol. The van der Waals surface area contributed by atoms with Crippen LogP contribution in [0.1, 0.15) is 6.92 Å². The summed E-state index contributed by atoms with van der Waals surface area (Å²) in [5, 5.41) is 2.77. The molecule has 0 aromatic heterocycles. The van der Waals surface area contributed by atoms with Crippen LogP contribution in [0.2, 0.25) is 0 Å². The fourth-order valence-electron chi connectivity index (χ4n) is 2.63. The van der Waals surface area contributed by atoms with Gasteiger partial charge >= 0.3 is 0 Å². The number of nitrogens with one attached hydrogen (secondary N) is 1. The Morgan fingerprint density at radius 2 is 1.88 bits per heavy atom. The second-order valence-electron chi connectivity index (χ2n) is 5.71. The van der Waals surface area contributed by atoms with E-state index in [0.717, 1.165) is 0 Å². The van der Waals surface area contributed by atoms with E-state index in [1.165, 1.54) is 11.8 Å². The summed E-state index contributed by atoms with van der Waals surface area (Å²) in [6.07, 6.45) is 0. The SMILES string of the molecule is COc1cccc(NC(=O)CN(C(C)=O)c2ccc3c(c2)OCCO3)c1. The van der Waals surface area contributed by atoms with E-state index in [4.69, 9.17) is 14.2 Å². The number of hydrogen-bond donors (Lipinski definition) is 1. The quantitative estimate of drug-likeness (QED) is 0.890. The number of carbonyl (C=O) groups excluding carboxylic acids is 2. The normalized spacial score (nSPS) is 12.2.